The number of nitrogens with zero attached hydrogens (tertiary/aromatic N) is 2. The molecule has 8 aliphatic rings. The van der Waals surface area contributed by atoms with Crippen molar-refractivity contribution in [2.45, 2.75) is 94.7 Å². The van der Waals surface area contributed by atoms with Crippen LogP contribution in [0, 0.1) is 28.4 Å². The van der Waals surface area contributed by atoms with Gasteiger partial charge in [0.25, 0.3) is 5.91 Å². The van der Waals surface area contributed by atoms with E-state index < -0.39 is 16.5 Å². The largest absolute Gasteiger partial charge is 0.784 e. The van der Waals surface area contributed by atoms with Crippen LogP contribution < -0.4 is 5.32 Å². The first kappa shape index (κ1) is 20.7. The molecular weight excluding hydrogens is 418 g/mol. The maximum Gasteiger partial charge on any atom is 0.253 e. The topological polar surface area (TPSA) is 84.9 Å². The minimum Gasteiger partial charge on any atom is -0.784 e. The molecule has 7 nitrogen and oxygen atoms in total. The maximum atomic E-state index is 14.1. The number of amides is 2. The number of ether oxygens (including phenoxy) is 1. The molecule has 8 rings (SSSR count). The molecule has 1 saturated carbocycles. The predicted octanol–water partition coefficient (Wildman–Crippen LogP) is 2.51. The molecule has 6 heterocycles. The second-order valence-electron chi connectivity index (χ2n) is 12.8. The molecule has 5 saturated heterocycles. The highest BCUT2D eigenvalue weighted by Gasteiger charge is 2.74. The van der Waals surface area contributed by atoms with Gasteiger partial charge in [-0.3, -0.25) is 9.59 Å². The number of carbonyl (C=O) groups is 2. The first-order valence-electron chi connectivity index (χ1n) is 12.7. The smallest absolute Gasteiger partial charge is 0.253 e. The van der Waals surface area contributed by atoms with Gasteiger partial charge in [0.1, 0.15) is 11.1 Å². The molecule has 6 fully saturated rings. The van der Waals surface area contributed by atoms with E-state index in [0.29, 0.717) is 13.0 Å². The van der Waals surface area contributed by atoms with E-state index in [1.165, 1.54) is 5.06 Å². The zero-order valence-corrected chi connectivity index (χ0v) is 20.0. The lowest BCUT2D eigenvalue weighted by Crippen LogP contribution is -2.83. The lowest BCUT2D eigenvalue weighted by molar-refractivity contribution is -0.179. The number of nitrogens with one attached hydrogen (secondary N) is 1. The van der Waals surface area contributed by atoms with Crippen molar-refractivity contribution < 1.29 is 14.3 Å². The van der Waals surface area contributed by atoms with Crippen molar-refractivity contribution in [2.24, 2.45) is 23.2 Å². The first-order valence-corrected chi connectivity index (χ1v) is 12.7. The van der Waals surface area contributed by atoms with Crippen molar-refractivity contribution in [2.75, 3.05) is 6.54 Å². The number of hydroxylamine groups is 2. The second kappa shape index (κ2) is 5.92. The summed E-state index contributed by atoms with van der Waals surface area (Å²) >= 11 is 0. The van der Waals surface area contributed by atoms with Gasteiger partial charge in [0.15, 0.2) is 0 Å². The van der Waals surface area contributed by atoms with Crippen molar-refractivity contribution in [3.63, 3.8) is 0 Å². The van der Waals surface area contributed by atoms with E-state index in [2.05, 4.69) is 51.2 Å². The van der Waals surface area contributed by atoms with Crippen molar-refractivity contribution in [3.05, 3.63) is 29.0 Å². The summed E-state index contributed by atoms with van der Waals surface area (Å²) in [5.74, 6) is 0.120. The standard InChI is InChI=1S/C26H34N3O4/c1-23(2)10-8-15-17(33-23)7-6-14-16-12-26-18(24(3,4)20(16)29(32)19(14)15)13-25(21(30)27-26)9-5-11-28(25)22(26)31/h8,10,12,14-15,17-20H,5-7,9,11,13H2,1-4H3,(H,27,30)/q-1. The molecule has 8 atom stereocenters. The highest BCUT2D eigenvalue weighted by molar-refractivity contribution is 6.06. The molecule has 8 unspecified atom stereocenters. The molecule has 33 heavy (non-hydrogen) atoms. The Morgan fingerprint density at radius 1 is 1.18 bits per heavy atom. The van der Waals surface area contributed by atoms with Gasteiger partial charge in [0.05, 0.1) is 11.7 Å². The fourth-order valence-electron chi connectivity index (χ4n) is 9.05. The Morgan fingerprint density at radius 2 is 1.97 bits per heavy atom. The van der Waals surface area contributed by atoms with Crippen molar-refractivity contribution in [1.82, 2.24) is 15.3 Å². The Hall–Kier alpha value is -1.70. The molecule has 6 aliphatic heterocycles. The van der Waals surface area contributed by atoms with Gasteiger partial charge < -0.3 is 25.2 Å². The van der Waals surface area contributed by atoms with Gasteiger partial charge in [0, 0.05) is 30.5 Å². The summed E-state index contributed by atoms with van der Waals surface area (Å²) in [4.78, 5) is 29.1. The van der Waals surface area contributed by atoms with Gasteiger partial charge in [0.2, 0.25) is 5.91 Å². The van der Waals surface area contributed by atoms with Crippen LogP contribution in [0.15, 0.2) is 23.8 Å². The zero-order valence-electron chi connectivity index (χ0n) is 20.0. The van der Waals surface area contributed by atoms with Crippen LogP contribution >= 0.6 is 0 Å². The number of hydrogen-bond acceptors (Lipinski definition) is 5. The molecule has 0 aromatic rings. The van der Waals surface area contributed by atoms with Crippen LogP contribution in [0.1, 0.15) is 59.8 Å². The highest BCUT2D eigenvalue weighted by atomic mass is 16.5. The molecule has 2 amide bonds. The van der Waals surface area contributed by atoms with Gasteiger partial charge in [-0.25, -0.2) is 0 Å². The monoisotopic (exact) mass is 452 g/mol. The normalized spacial score (nSPS) is 50.7. The summed E-state index contributed by atoms with van der Waals surface area (Å²) in [6.07, 6.45) is 10.5. The van der Waals surface area contributed by atoms with Crippen LogP contribution in [-0.4, -0.2) is 63.2 Å². The first-order chi connectivity index (χ1) is 15.5. The fraction of sp³-hybridized carbons (Fsp3) is 0.769. The summed E-state index contributed by atoms with van der Waals surface area (Å²) in [7, 11) is 0. The number of piperazine rings is 1. The number of carbonyl (C=O) groups excluding carboxylic acids is 2. The molecular formula is C26H34N3O4-. The Morgan fingerprint density at radius 3 is 2.76 bits per heavy atom. The van der Waals surface area contributed by atoms with Crippen LogP contribution in [0.2, 0.25) is 0 Å². The van der Waals surface area contributed by atoms with Crippen LogP contribution in [-0.2, 0) is 14.3 Å². The van der Waals surface area contributed by atoms with Gasteiger partial charge in [-0.05, 0) is 68.9 Å². The van der Waals surface area contributed by atoms with Crippen LogP contribution in [0.4, 0.5) is 0 Å². The number of rotatable bonds is 0. The molecule has 178 valence electrons. The van der Waals surface area contributed by atoms with Crippen LogP contribution in [0.25, 0.3) is 0 Å². The quantitative estimate of drug-likeness (QED) is 0.571. The van der Waals surface area contributed by atoms with Gasteiger partial charge in [-0.1, -0.05) is 26.0 Å². The third-order valence-electron chi connectivity index (χ3n) is 10.4. The van der Waals surface area contributed by atoms with E-state index >= 15 is 0 Å². The third kappa shape index (κ3) is 2.23. The summed E-state index contributed by atoms with van der Waals surface area (Å²) < 4.78 is 6.37. The van der Waals surface area contributed by atoms with Crippen LogP contribution in [0.3, 0.4) is 0 Å². The maximum absolute atomic E-state index is 14.1. The van der Waals surface area contributed by atoms with Crippen molar-refractivity contribution >= 4 is 11.8 Å². The average molecular weight is 453 g/mol. The molecule has 0 aromatic heterocycles. The molecule has 1 N–H and O–H groups in total. The Kier molecular flexibility index (Phi) is 3.70. The molecule has 2 spiro atoms. The third-order valence-corrected chi connectivity index (χ3v) is 10.4. The summed E-state index contributed by atoms with van der Waals surface area (Å²) in [6.45, 7) is 9.11. The van der Waals surface area contributed by atoms with Gasteiger partial charge >= 0.3 is 0 Å². The Labute approximate surface area is 195 Å². The summed E-state index contributed by atoms with van der Waals surface area (Å²) in [6, 6.07) is -0.440. The summed E-state index contributed by atoms with van der Waals surface area (Å²) in [5, 5.41) is 18.6. The SMILES string of the molecule is CC1(C)C=CC2C(CCC3C4=CC56NC(=O)C7(CCCN7C5=O)CC6C(C)(C)C4N([O-])C32)O1. The lowest BCUT2D eigenvalue weighted by Gasteiger charge is -2.65. The van der Waals surface area contributed by atoms with Crippen LogP contribution in [0.5, 0.6) is 0 Å². The number of fused-ring (bicyclic) bond motifs is 6. The minimum absolute atomic E-state index is 0.00466. The molecule has 0 radical (unpaired) electrons. The Balaban J connectivity index is 1.36. The van der Waals surface area contributed by atoms with E-state index in [9.17, 15) is 14.8 Å². The number of piperidine rings is 2. The minimum atomic E-state index is -1.01. The van der Waals surface area contributed by atoms with Gasteiger partial charge in [-0.2, -0.15) is 0 Å². The summed E-state index contributed by atoms with van der Waals surface area (Å²) in [5.41, 5.74) is -1.38. The van der Waals surface area contributed by atoms with E-state index in [1.807, 2.05) is 4.90 Å². The van der Waals surface area contributed by atoms with E-state index in [4.69, 9.17) is 4.74 Å². The number of hydrogen-bond donors (Lipinski definition) is 1. The van der Waals surface area contributed by atoms with E-state index in [0.717, 1.165) is 31.3 Å². The van der Waals surface area contributed by atoms with Gasteiger partial charge in [-0.15, -0.1) is 0 Å². The zero-order chi connectivity index (χ0) is 23.1. The van der Waals surface area contributed by atoms with Crippen molar-refractivity contribution in [3.8, 4) is 0 Å². The molecule has 2 bridgehead atoms. The fourth-order valence-corrected chi connectivity index (χ4v) is 9.05. The highest BCUT2D eigenvalue weighted by Crippen LogP contribution is 2.63. The lowest BCUT2D eigenvalue weighted by atomic mass is 9.50. The second-order valence-corrected chi connectivity index (χ2v) is 12.8. The molecule has 7 heteroatoms. The Bertz CT molecular complexity index is 1030. The average Bonchev–Trinajstić information content (AvgIpc) is 3.29. The van der Waals surface area contributed by atoms with E-state index in [1.54, 1.807) is 0 Å². The molecule has 0 aromatic carbocycles. The molecule has 2 aliphatic carbocycles. The predicted molar refractivity (Wildman–Crippen MR) is 122 cm³/mol. The van der Waals surface area contributed by atoms with E-state index in [-0.39, 0.29) is 53.4 Å². The van der Waals surface area contributed by atoms with Crippen molar-refractivity contribution in [1.29, 1.82) is 0 Å².